The zero-order valence-corrected chi connectivity index (χ0v) is 12.8. The number of benzene rings is 2. The lowest BCUT2D eigenvalue weighted by Gasteiger charge is -2.07. The summed E-state index contributed by atoms with van der Waals surface area (Å²) >= 11 is 0. The summed E-state index contributed by atoms with van der Waals surface area (Å²) in [7, 11) is 0. The Morgan fingerprint density at radius 1 is 1.13 bits per heavy atom. The summed E-state index contributed by atoms with van der Waals surface area (Å²) in [6, 6.07) is 13.4. The molecule has 5 nitrogen and oxygen atoms in total. The van der Waals surface area contributed by atoms with E-state index in [1.807, 2.05) is 24.3 Å². The number of aliphatic imine (C=N–C) groups is 1. The first-order chi connectivity index (χ1) is 11.1. The van der Waals surface area contributed by atoms with Crippen LogP contribution in [0.5, 0.6) is 0 Å². The molecule has 0 unspecified atom stereocenters. The number of aryl methyl sites for hydroxylation is 1. The molecular formula is C17H19FN4O. The van der Waals surface area contributed by atoms with Crippen LogP contribution in [0.1, 0.15) is 12.5 Å². The quantitative estimate of drug-likeness (QED) is 0.586. The third-order valence-corrected chi connectivity index (χ3v) is 3.14. The van der Waals surface area contributed by atoms with Gasteiger partial charge in [0.1, 0.15) is 12.4 Å². The highest BCUT2D eigenvalue weighted by Crippen LogP contribution is 2.10. The number of carbonyl (C=O) groups excluding carboxylic acids is 1. The smallest absolute Gasteiger partial charge is 0.246 e. The minimum Gasteiger partial charge on any atom is -0.370 e. The topological polar surface area (TPSA) is 79.5 Å². The molecular weight excluding hydrogens is 295 g/mol. The maximum absolute atomic E-state index is 13.0. The van der Waals surface area contributed by atoms with E-state index in [4.69, 9.17) is 5.73 Å². The number of nitrogens with zero attached hydrogens (tertiary/aromatic N) is 1. The molecule has 0 radical (unpaired) electrons. The van der Waals surface area contributed by atoms with Crippen molar-refractivity contribution in [2.24, 2.45) is 10.7 Å². The van der Waals surface area contributed by atoms with Gasteiger partial charge in [-0.2, -0.15) is 0 Å². The Kier molecular flexibility index (Phi) is 5.68. The lowest BCUT2D eigenvalue weighted by molar-refractivity contribution is -0.114. The fourth-order valence-corrected chi connectivity index (χ4v) is 1.93. The van der Waals surface area contributed by atoms with Gasteiger partial charge in [-0.05, 0) is 42.3 Å². The van der Waals surface area contributed by atoms with E-state index in [0.29, 0.717) is 5.69 Å². The van der Waals surface area contributed by atoms with E-state index in [0.717, 1.165) is 12.1 Å². The second-order valence-corrected chi connectivity index (χ2v) is 4.94. The minimum atomic E-state index is -0.414. The Hall–Kier alpha value is -2.89. The molecule has 0 spiro atoms. The highest BCUT2D eigenvalue weighted by Gasteiger charge is 2.03. The molecule has 2 rings (SSSR count). The number of anilines is 2. The molecule has 0 fully saturated rings. The number of amides is 1. The van der Waals surface area contributed by atoms with Crippen LogP contribution in [0.2, 0.25) is 0 Å². The van der Waals surface area contributed by atoms with Crippen LogP contribution in [0.25, 0.3) is 0 Å². The molecule has 0 aliphatic rings. The molecule has 0 saturated heterocycles. The number of nitrogens with two attached hydrogens (primary N) is 1. The minimum absolute atomic E-state index is 0.142. The SMILES string of the molecule is CCc1ccc(NC(N)=NCC(=O)Nc2cccc(F)c2)cc1. The average molecular weight is 314 g/mol. The van der Waals surface area contributed by atoms with Gasteiger partial charge >= 0.3 is 0 Å². The first-order valence-corrected chi connectivity index (χ1v) is 7.28. The second-order valence-electron chi connectivity index (χ2n) is 4.94. The van der Waals surface area contributed by atoms with Crippen LogP contribution in [0.4, 0.5) is 15.8 Å². The Morgan fingerprint density at radius 3 is 2.52 bits per heavy atom. The van der Waals surface area contributed by atoms with Gasteiger partial charge in [0.2, 0.25) is 5.91 Å². The zero-order valence-electron chi connectivity index (χ0n) is 12.8. The molecule has 0 aliphatic heterocycles. The zero-order chi connectivity index (χ0) is 16.7. The van der Waals surface area contributed by atoms with Crippen LogP contribution in [0, 0.1) is 5.82 Å². The Labute approximate surface area is 134 Å². The van der Waals surface area contributed by atoms with Crippen molar-refractivity contribution in [3.8, 4) is 0 Å². The van der Waals surface area contributed by atoms with Crippen molar-refractivity contribution in [2.45, 2.75) is 13.3 Å². The van der Waals surface area contributed by atoms with Crippen LogP contribution in [-0.2, 0) is 11.2 Å². The highest BCUT2D eigenvalue weighted by atomic mass is 19.1. The van der Waals surface area contributed by atoms with E-state index >= 15 is 0 Å². The van der Waals surface area contributed by atoms with E-state index in [1.165, 1.54) is 23.8 Å². The van der Waals surface area contributed by atoms with E-state index in [1.54, 1.807) is 6.07 Å². The maximum Gasteiger partial charge on any atom is 0.246 e. The summed E-state index contributed by atoms with van der Waals surface area (Å²) < 4.78 is 13.0. The second kappa shape index (κ2) is 7.93. The van der Waals surface area contributed by atoms with Crippen molar-refractivity contribution in [1.29, 1.82) is 0 Å². The van der Waals surface area contributed by atoms with Crippen LogP contribution in [-0.4, -0.2) is 18.4 Å². The lowest BCUT2D eigenvalue weighted by atomic mass is 10.1. The summed E-state index contributed by atoms with van der Waals surface area (Å²) in [6.45, 7) is 1.93. The van der Waals surface area contributed by atoms with Crippen molar-refractivity contribution >= 4 is 23.2 Å². The van der Waals surface area contributed by atoms with Crippen LogP contribution < -0.4 is 16.4 Å². The number of hydrogen-bond donors (Lipinski definition) is 3. The van der Waals surface area contributed by atoms with E-state index < -0.39 is 5.82 Å². The summed E-state index contributed by atoms with van der Waals surface area (Å²) in [6.07, 6.45) is 0.962. The van der Waals surface area contributed by atoms with E-state index in [-0.39, 0.29) is 18.4 Å². The van der Waals surface area contributed by atoms with Crippen LogP contribution >= 0.6 is 0 Å². The molecule has 6 heteroatoms. The molecule has 4 N–H and O–H groups in total. The fraction of sp³-hybridized carbons (Fsp3) is 0.176. The van der Waals surface area contributed by atoms with Crippen molar-refractivity contribution in [1.82, 2.24) is 0 Å². The first kappa shape index (κ1) is 16.5. The molecule has 120 valence electrons. The number of guanidine groups is 1. The maximum atomic E-state index is 13.0. The first-order valence-electron chi connectivity index (χ1n) is 7.28. The Balaban J connectivity index is 1.86. The molecule has 2 aromatic rings. The fourth-order valence-electron chi connectivity index (χ4n) is 1.93. The van der Waals surface area contributed by atoms with Gasteiger partial charge in [-0.3, -0.25) is 4.79 Å². The largest absolute Gasteiger partial charge is 0.370 e. The summed E-state index contributed by atoms with van der Waals surface area (Å²) in [4.78, 5) is 15.7. The van der Waals surface area contributed by atoms with Gasteiger partial charge in [-0.25, -0.2) is 9.38 Å². The third kappa shape index (κ3) is 5.43. The lowest BCUT2D eigenvalue weighted by Crippen LogP contribution is -2.25. The molecule has 0 aromatic heterocycles. The molecule has 2 aromatic carbocycles. The van der Waals surface area contributed by atoms with Crippen LogP contribution in [0.15, 0.2) is 53.5 Å². The van der Waals surface area contributed by atoms with Crippen molar-refractivity contribution in [3.63, 3.8) is 0 Å². The molecule has 0 bridgehead atoms. The van der Waals surface area contributed by atoms with Gasteiger partial charge in [-0.1, -0.05) is 25.1 Å². The Bertz CT molecular complexity index is 698. The monoisotopic (exact) mass is 314 g/mol. The van der Waals surface area contributed by atoms with Crippen molar-refractivity contribution < 1.29 is 9.18 Å². The van der Waals surface area contributed by atoms with Crippen LogP contribution in [0.3, 0.4) is 0 Å². The van der Waals surface area contributed by atoms with Gasteiger partial charge < -0.3 is 16.4 Å². The van der Waals surface area contributed by atoms with E-state index in [9.17, 15) is 9.18 Å². The summed E-state index contributed by atoms with van der Waals surface area (Å²) in [5, 5.41) is 5.46. The van der Waals surface area contributed by atoms with Gasteiger partial charge in [0.15, 0.2) is 5.96 Å². The highest BCUT2D eigenvalue weighted by molar-refractivity contribution is 5.97. The molecule has 1 amide bonds. The van der Waals surface area contributed by atoms with Gasteiger partial charge in [0.05, 0.1) is 0 Å². The third-order valence-electron chi connectivity index (χ3n) is 3.14. The molecule has 0 atom stereocenters. The normalized spacial score (nSPS) is 11.1. The van der Waals surface area contributed by atoms with Gasteiger partial charge in [-0.15, -0.1) is 0 Å². The predicted octanol–water partition coefficient (Wildman–Crippen LogP) is 2.75. The van der Waals surface area contributed by atoms with Crippen molar-refractivity contribution in [2.75, 3.05) is 17.2 Å². The number of halogens is 1. The summed E-state index contributed by atoms with van der Waals surface area (Å²) in [5.41, 5.74) is 8.15. The van der Waals surface area contributed by atoms with E-state index in [2.05, 4.69) is 22.5 Å². The van der Waals surface area contributed by atoms with Gasteiger partial charge in [0, 0.05) is 11.4 Å². The number of nitrogens with one attached hydrogen (secondary N) is 2. The summed E-state index contributed by atoms with van der Waals surface area (Å²) in [5.74, 6) is -0.645. The Morgan fingerprint density at radius 2 is 1.87 bits per heavy atom. The van der Waals surface area contributed by atoms with Gasteiger partial charge in [0.25, 0.3) is 0 Å². The van der Waals surface area contributed by atoms with Crippen molar-refractivity contribution in [3.05, 3.63) is 59.9 Å². The number of hydrogen-bond acceptors (Lipinski definition) is 2. The number of rotatable bonds is 5. The molecule has 0 aliphatic carbocycles. The average Bonchev–Trinajstić information content (AvgIpc) is 2.54. The molecule has 0 saturated carbocycles. The standard InChI is InChI=1S/C17H19FN4O/c1-2-12-6-8-14(9-7-12)22-17(19)20-11-16(23)21-15-5-3-4-13(18)10-15/h3-10H,2,11H2,1H3,(H,21,23)(H3,19,20,22). The predicted molar refractivity (Wildman–Crippen MR) is 91.0 cm³/mol. The molecule has 23 heavy (non-hydrogen) atoms. The molecule has 0 heterocycles. The number of carbonyl (C=O) groups is 1.